The second-order valence-electron chi connectivity index (χ2n) is 5.02. The molecule has 16 heavy (non-hydrogen) atoms. The van der Waals surface area contributed by atoms with E-state index in [0.717, 1.165) is 13.0 Å². The lowest BCUT2D eigenvalue weighted by atomic mass is 10.1. The quantitative estimate of drug-likeness (QED) is 0.714. The molecule has 0 aromatic rings. The van der Waals surface area contributed by atoms with Crippen molar-refractivity contribution in [3.63, 3.8) is 0 Å². The summed E-state index contributed by atoms with van der Waals surface area (Å²) in [7, 11) is 0. The van der Waals surface area contributed by atoms with Crippen LogP contribution in [0.5, 0.6) is 0 Å². The molecule has 1 unspecified atom stereocenters. The third kappa shape index (κ3) is 2.67. The van der Waals surface area contributed by atoms with Crippen molar-refractivity contribution in [2.45, 2.75) is 57.0 Å². The van der Waals surface area contributed by atoms with Crippen molar-refractivity contribution in [3.05, 3.63) is 0 Å². The maximum atomic E-state index is 11.8. The molecule has 2 aliphatic rings. The molecule has 0 bridgehead atoms. The van der Waals surface area contributed by atoms with E-state index >= 15 is 0 Å². The average Bonchev–Trinajstić information content (AvgIpc) is 2.52. The Balaban J connectivity index is 1.90. The summed E-state index contributed by atoms with van der Waals surface area (Å²) in [6.45, 7) is 1.52. The molecule has 0 aromatic heterocycles. The molecule has 1 aliphatic heterocycles. The van der Waals surface area contributed by atoms with Crippen LogP contribution < -0.4 is 11.1 Å². The van der Waals surface area contributed by atoms with Crippen molar-refractivity contribution < 1.29 is 4.79 Å². The lowest BCUT2D eigenvalue weighted by molar-refractivity contribution is 0.190. The largest absolute Gasteiger partial charge is 0.333 e. The lowest BCUT2D eigenvalue weighted by Crippen LogP contribution is -2.37. The van der Waals surface area contributed by atoms with Crippen molar-refractivity contribution in [2.24, 2.45) is 5.73 Å². The number of nitrogens with one attached hydrogen (secondary N) is 1. The van der Waals surface area contributed by atoms with Crippen LogP contribution in [0.4, 0.5) is 4.79 Å². The summed E-state index contributed by atoms with van der Waals surface area (Å²) in [5, 5.41) is 3.03. The first-order valence-electron chi connectivity index (χ1n) is 6.58. The Morgan fingerprint density at radius 2 is 1.94 bits per heavy atom. The SMILES string of the molecule is NCCC1CN(C2CCCCCC2)C(=O)N1. The number of nitrogens with zero attached hydrogens (tertiary/aromatic N) is 1. The molecule has 1 saturated carbocycles. The zero-order valence-electron chi connectivity index (χ0n) is 9.95. The summed E-state index contributed by atoms with van der Waals surface area (Å²) >= 11 is 0. The van der Waals surface area contributed by atoms with Crippen LogP contribution in [0.25, 0.3) is 0 Å². The molecule has 1 atom stereocenters. The second kappa shape index (κ2) is 5.53. The third-order valence-electron chi connectivity index (χ3n) is 3.79. The van der Waals surface area contributed by atoms with Crippen molar-refractivity contribution in [1.29, 1.82) is 0 Å². The van der Waals surface area contributed by atoms with Gasteiger partial charge in [0.15, 0.2) is 0 Å². The summed E-state index contributed by atoms with van der Waals surface area (Å²) in [6, 6.07) is 0.886. The van der Waals surface area contributed by atoms with Gasteiger partial charge < -0.3 is 16.0 Å². The molecular formula is C12H23N3O. The first kappa shape index (κ1) is 11.7. The van der Waals surface area contributed by atoms with E-state index in [1.54, 1.807) is 0 Å². The van der Waals surface area contributed by atoms with Crippen LogP contribution in [-0.4, -0.2) is 36.1 Å². The van der Waals surface area contributed by atoms with Crippen LogP contribution in [-0.2, 0) is 0 Å². The first-order chi connectivity index (χ1) is 7.81. The smallest absolute Gasteiger partial charge is 0.317 e. The maximum Gasteiger partial charge on any atom is 0.317 e. The Kier molecular flexibility index (Phi) is 4.04. The number of amides is 2. The molecule has 4 nitrogen and oxygen atoms in total. The van der Waals surface area contributed by atoms with Gasteiger partial charge in [-0.15, -0.1) is 0 Å². The summed E-state index contributed by atoms with van der Waals surface area (Å²) in [4.78, 5) is 13.9. The molecular weight excluding hydrogens is 202 g/mol. The molecule has 2 rings (SSSR count). The monoisotopic (exact) mass is 225 g/mol. The molecule has 92 valence electrons. The summed E-state index contributed by atoms with van der Waals surface area (Å²) in [5.41, 5.74) is 5.53. The molecule has 4 heteroatoms. The van der Waals surface area contributed by atoms with Crippen molar-refractivity contribution in [2.75, 3.05) is 13.1 Å². The average molecular weight is 225 g/mol. The number of rotatable bonds is 3. The molecule has 1 heterocycles. The van der Waals surface area contributed by atoms with Gasteiger partial charge >= 0.3 is 6.03 Å². The lowest BCUT2D eigenvalue weighted by Gasteiger charge is -2.25. The molecule has 2 fully saturated rings. The van der Waals surface area contributed by atoms with E-state index < -0.39 is 0 Å². The molecule has 1 aliphatic carbocycles. The number of carbonyl (C=O) groups is 1. The van der Waals surface area contributed by atoms with Gasteiger partial charge in [-0.25, -0.2) is 4.79 Å². The van der Waals surface area contributed by atoms with E-state index in [1.807, 2.05) is 4.90 Å². The van der Waals surface area contributed by atoms with Crippen molar-refractivity contribution >= 4 is 6.03 Å². The van der Waals surface area contributed by atoms with E-state index in [9.17, 15) is 4.79 Å². The standard InChI is InChI=1S/C12H23N3O/c13-8-7-10-9-15(12(16)14-10)11-5-3-1-2-4-6-11/h10-11H,1-9,13H2,(H,14,16). The van der Waals surface area contributed by atoms with Gasteiger partial charge in [0.25, 0.3) is 0 Å². The predicted molar refractivity (Wildman–Crippen MR) is 64.2 cm³/mol. The second-order valence-corrected chi connectivity index (χ2v) is 5.02. The van der Waals surface area contributed by atoms with Crippen LogP contribution in [0.3, 0.4) is 0 Å². The number of hydrogen-bond donors (Lipinski definition) is 2. The fourth-order valence-corrected chi connectivity index (χ4v) is 2.87. The molecule has 3 N–H and O–H groups in total. The highest BCUT2D eigenvalue weighted by atomic mass is 16.2. The molecule has 0 radical (unpaired) electrons. The summed E-state index contributed by atoms with van der Waals surface area (Å²) in [6.07, 6.45) is 8.48. The predicted octanol–water partition coefficient (Wildman–Crippen LogP) is 1.45. The highest BCUT2D eigenvalue weighted by Crippen LogP contribution is 2.24. The van der Waals surface area contributed by atoms with Crippen molar-refractivity contribution in [3.8, 4) is 0 Å². The van der Waals surface area contributed by atoms with Crippen LogP contribution in [0.2, 0.25) is 0 Å². The van der Waals surface area contributed by atoms with Crippen LogP contribution in [0.1, 0.15) is 44.9 Å². The Hall–Kier alpha value is -0.770. The van der Waals surface area contributed by atoms with Gasteiger partial charge in [0, 0.05) is 18.6 Å². The van der Waals surface area contributed by atoms with Gasteiger partial charge in [0.2, 0.25) is 0 Å². The number of carbonyl (C=O) groups excluding carboxylic acids is 1. The summed E-state index contributed by atoms with van der Waals surface area (Å²) < 4.78 is 0. The van der Waals surface area contributed by atoms with Crippen LogP contribution in [0.15, 0.2) is 0 Å². The Morgan fingerprint density at radius 3 is 2.56 bits per heavy atom. The number of urea groups is 1. The fourth-order valence-electron chi connectivity index (χ4n) is 2.87. The van der Waals surface area contributed by atoms with Crippen LogP contribution >= 0.6 is 0 Å². The zero-order valence-corrected chi connectivity index (χ0v) is 9.95. The first-order valence-corrected chi connectivity index (χ1v) is 6.58. The third-order valence-corrected chi connectivity index (χ3v) is 3.79. The fraction of sp³-hybridized carbons (Fsp3) is 0.917. The van der Waals surface area contributed by atoms with Gasteiger partial charge in [-0.1, -0.05) is 25.7 Å². The highest BCUT2D eigenvalue weighted by molar-refractivity contribution is 5.77. The minimum absolute atomic E-state index is 0.130. The van der Waals surface area contributed by atoms with E-state index in [-0.39, 0.29) is 12.1 Å². The highest BCUT2D eigenvalue weighted by Gasteiger charge is 2.33. The van der Waals surface area contributed by atoms with E-state index in [4.69, 9.17) is 5.73 Å². The minimum atomic E-state index is 0.130. The molecule has 0 spiro atoms. The van der Waals surface area contributed by atoms with E-state index in [0.29, 0.717) is 12.6 Å². The van der Waals surface area contributed by atoms with Crippen molar-refractivity contribution in [1.82, 2.24) is 10.2 Å². The normalized spacial score (nSPS) is 27.9. The molecule has 2 amide bonds. The van der Waals surface area contributed by atoms with Gasteiger partial charge in [-0.3, -0.25) is 0 Å². The van der Waals surface area contributed by atoms with Gasteiger partial charge in [0.1, 0.15) is 0 Å². The Bertz CT molecular complexity index is 236. The number of hydrogen-bond acceptors (Lipinski definition) is 2. The van der Waals surface area contributed by atoms with E-state index in [2.05, 4.69) is 5.32 Å². The van der Waals surface area contributed by atoms with E-state index in [1.165, 1.54) is 38.5 Å². The van der Waals surface area contributed by atoms with Gasteiger partial charge in [0.05, 0.1) is 0 Å². The topological polar surface area (TPSA) is 58.4 Å². The molecule has 1 saturated heterocycles. The Labute approximate surface area is 97.6 Å². The zero-order chi connectivity index (χ0) is 11.4. The summed E-state index contributed by atoms with van der Waals surface area (Å²) in [5.74, 6) is 0. The van der Waals surface area contributed by atoms with Gasteiger partial charge in [-0.05, 0) is 25.8 Å². The maximum absolute atomic E-state index is 11.8. The molecule has 0 aromatic carbocycles. The Morgan fingerprint density at radius 1 is 1.25 bits per heavy atom. The number of nitrogens with two attached hydrogens (primary N) is 1. The van der Waals surface area contributed by atoms with Gasteiger partial charge in [-0.2, -0.15) is 0 Å². The minimum Gasteiger partial charge on any atom is -0.333 e. The van der Waals surface area contributed by atoms with Crippen LogP contribution in [0, 0.1) is 0 Å².